The topological polar surface area (TPSA) is 12.9 Å². The number of nitrogens with zero attached hydrogens (tertiary/aromatic N) is 1. The van der Waals surface area contributed by atoms with E-state index in [-0.39, 0.29) is 12.4 Å². The maximum atomic E-state index is 3.99. The summed E-state index contributed by atoms with van der Waals surface area (Å²) in [7, 11) is 0. The summed E-state index contributed by atoms with van der Waals surface area (Å²) >= 11 is 2.91. The van der Waals surface area contributed by atoms with Crippen LogP contribution in [0.25, 0.3) is 0 Å². The van der Waals surface area contributed by atoms with E-state index >= 15 is 0 Å². The quantitative estimate of drug-likeness (QED) is 0.544. The Morgan fingerprint density at radius 2 is 2.43 bits per heavy atom. The summed E-state index contributed by atoms with van der Waals surface area (Å²) in [5.41, 5.74) is 0. The third kappa shape index (κ3) is 2.37. The summed E-state index contributed by atoms with van der Waals surface area (Å²) in [5.74, 6) is 0. The van der Waals surface area contributed by atoms with Gasteiger partial charge in [-0.05, 0) is 0 Å². The molecule has 0 saturated carbocycles. The van der Waals surface area contributed by atoms with Gasteiger partial charge in [-0.1, -0.05) is 0 Å². The van der Waals surface area contributed by atoms with Gasteiger partial charge in [0.15, 0.2) is 0 Å². The second kappa shape index (κ2) is 3.53. The third-order valence-electron chi connectivity index (χ3n) is 0.483. The number of hydrogen-bond acceptors (Lipinski definition) is 2. The first kappa shape index (κ1) is 7.54. The van der Waals surface area contributed by atoms with Crippen LogP contribution >= 0.6 is 23.7 Å². The fourth-order valence-corrected chi connectivity index (χ4v) is 1.48. The van der Waals surface area contributed by atoms with E-state index in [1.165, 1.54) is 21.9 Å². The van der Waals surface area contributed by atoms with Crippen molar-refractivity contribution >= 4 is 27.3 Å². The fourth-order valence-electron chi connectivity index (χ4n) is 0.253. The molecule has 1 nitrogen and oxygen atoms in total. The number of hydrogen-bond donors (Lipinski definition) is 0. The molecule has 0 aliphatic heterocycles. The maximum absolute atomic E-state index is 3.99. The molecule has 0 unspecified atom stereocenters. The molecule has 0 aliphatic carbocycles. The van der Waals surface area contributed by atoms with Gasteiger partial charge in [-0.3, -0.25) is 0 Å². The van der Waals surface area contributed by atoms with E-state index in [0.29, 0.717) is 0 Å². The van der Waals surface area contributed by atoms with Crippen LogP contribution in [0.2, 0.25) is 0 Å². The molecular formula is C3H3ClNSZn. The predicted octanol–water partition coefficient (Wildman–Crippen LogP) is 0.737. The summed E-state index contributed by atoms with van der Waals surface area (Å²) in [6.45, 7) is 0. The number of halogens is 1. The monoisotopic (exact) mass is 184 g/mol. The van der Waals surface area contributed by atoms with Crippen molar-refractivity contribution in [2.24, 2.45) is 0 Å². The van der Waals surface area contributed by atoms with E-state index in [9.17, 15) is 0 Å². The number of thiazole rings is 1. The molecule has 0 atom stereocenters. The van der Waals surface area contributed by atoms with Crippen LogP contribution in [-0.4, -0.2) is 4.98 Å². The average Bonchev–Trinajstić information content (AvgIpc) is 1.86. The first-order valence-corrected chi connectivity index (χ1v) is 3.97. The van der Waals surface area contributed by atoms with Gasteiger partial charge in [-0.25, -0.2) is 0 Å². The zero-order valence-corrected chi connectivity index (χ0v) is 8.23. The van der Waals surface area contributed by atoms with Gasteiger partial charge in [0.25, 0.3) is 0 Å². The van der Waals surface area contributed by atoms with Gasteiger partial charge in [-0.2, -0.15) is 0 Å². The van der Waals surface area contributed by atoms with Crippen molar-refractivity contribution in [3.8, 4) is 0 Å². The van der Waals surface area contributed by atoms with Crippen molar-refractivity contribution < 1.29 is 18.3 Å². The molecule has 0 aliphatic rings. The second-order valence-electron chi connectivity index (χ2n) is 0.926. The summed E-state index contributed by atoms with van der Waals surface area (Å²) < 4.78 is 1.26. The van der Waals surface area contributed by atoms with Crippen molar-refractivity contribution in [1.29, 1.82) is 0 Å². The minimum absolute atomic E-state index is 0. The molecule has 0 fully saturated rings. The average molecular weight is 186 g/mol. The molecule has 1 rings (SSSR count). The van der Waals surface area contributed by atoms with Crippen LogP contribution in [0.4, 0.5) is 0 Å². The Labute approximate surface area is 62.2 Å². The standard InChI is InChI=1S/C3H2NS.ClH.Zn/c1-2-5-3-4-1;;/h1-2H;1H;. The van der Waals surface area contributed by atoms with Crippen LogP contribution in [-0.2, 0) is 18.3 Å². The predicted molar refractivity (Wildman–Crippen MR) is 29.0 cm³/mol. The fraction of sp³-hybridized carbons (Fsp3) is 0. The summed E-state index contributed by atoms with van der Waals surface area (Å²) in [5, 5.41) is 2.00. The van der Waals surface area contributed by atoms with Crippen molar-refractivity contribution in [3.05, 3.63) is 11.6 Å². The van der Waals surface area contributed by atoms with Crippen molar-refractivity contribution in [3.63, 3.8) is 0 Å². The van der Waals surface area contributed by atoms with Crippen LogP contribution in [0.1, 0.15) is 0 Å². The molecule has 1 heterocycles. The van der Waals surface area contributed by atoms with E-state index in [0.717, 1.165) is 0 Å². The van der Waals surface area contributed by atoms with E-state index in [4.69, 9.17) is 0 Å². The van der Waals surface area contributed by atoms with Gasteiger partial charge in [0.1, 0.15) is 0 Å². The Bertz CT molecular complexity index is 118. The van der Waals surface area contributed by atoms with Gasteiger partial charge >= 0.3 is 49.8 Å². The molecule has 0 bridgehead atoms. The first-order chi connectivity index (χ1) is 2.89. The van der Waals surface area contributed by atoms with Crippen LogP contribution in [0.5, 0.6) is 0 Å². The van der Waals surface area contributed by atoms with Crippen LogP contribution in [0, 0.1) is 0 Å². The molecule has 1 aromatic heterocycles. The zero-order valence-electron chi connectivity index (χ0n) is 3.63. The summed E-state index contributed by atoms with van der Waals surface area (Å²) in [6, 6.07) is 0. The molecule has 0 aromatic carbocycles. The molecule has 35 valence electrons. The Morgan fingerprint density at radius 3 is 2.57 bits per heavy atom. The minimum atomic E-state index is 0. The Kier molecular flexibility index (Phi) is 3.81. The van der Waals surface area contributed by atoms with Gasteiger partial charge < -0.3 is 0 Å². The van der Waals surface area contributed by atoms with Crippen molar-refractivity contribution in [2.75, 3.05) is 0 Å². The Morgan fingerprint density at radius 1 is 1.71 bits per heavy atom. The molecule has 0 radical (unpaired) electrons. The van der Waals surface area contributed by atoms with Crippen molar-refractivity contribution in [1.82, 2.24) is 4.98 Å². The van der Waals surface area contributed by atoms with Gasteiger partial charge in [0.2, 0.25) is 0 Å². The normalized spacial score (nSPS) is 7.71. The van der Waals surface area contributed by atoms with Gasteiger partial charge in [-0.15, -0.1) is 12.4 Å². The van der Waals surface area contributed by atoms with Gasteiger partial charge in [0, 0.05) is 0 Å². The molecule has 1 aromatic rings. The summed E-state index contributed by atoms with van der Waals surface area (Å²) in [4.78, 5) is 3.99. The van der Waals surface area contributed by atoms with E-state index in [1.807, 2.05) is 11.6 Å². The van der Waals surface area contributed by atoms with E-state index in [1.54, 1.807) is 11.3 Å². The number of rotatable bonds is 0. The molecule has 4 heteroatoms. The molecule has 0 saturated heterocycles. The van der Waals surface area contributed by atoms with Crippen LogP contribution < -0.4 is 3.60 Å². The number of aromatic nitrogens is 1. The van der Waals surface area contributed by atoms with E-state index < -0.39 is 0 Å². The molecular weight excluding hydrogens is 183 g/mol. The summed E-state index contributed by atoms with van der Waals surface area (Å²) in [6.07, 6.45) is 1.84. The van der Waals surface area contributed by atoms with Crippen molar-refractivity contribution in [2.45, 2.75) is 0 Å². The van der Waals surface area contributed by atoms with Crippen LogP contribution in [0.3, 0.4) is 0 Å². The molecule has 0 spiro atoms. The third-order valence-corrected chi connectivity index (χ3v) is 2.55. The van der Waals surface area contributed by atoms with Crippen LogP contribution in [0.15, 0.2) is 11.6 Å². The van der Waals surface area contributed by atoms with E-state index in [2.05, 4.69) is 4.98 Å². The first-order valence-electron chi connectivity index (χ1n) is 1.61. The van der Waals surface area contributed by atoms with Gasteiger partial charge in [0.05, 0.1) is 0 Å². The zero-order chi connectivity index (χ0) is 4.41. The molecule has 7 heavy (non-hydrogen) atoms. The Balaban J connectivity index is 0.000000360. The second-order valence-corrected chi connectivity index (χ2v) is 4.39. The molecule has 0 N–H and O–H groups in total. The Hall–Kier alpha value is 0.543. The SMILES string of the molecule is Cl.[Zn][c]1nccs1. The molecule has 0 amide bonds.